The number of morpholine rings is 1. The Labute approximate surface area is 84.0 Å². The molecular formula is C9H18N2O3. The van der Waals surface area contributed by atoms with Crippen molar-refractivity contribution in [1.29, 1.82) is 0 Å². The number of ether oxygens (including phenoxy) is 1. The van der Waals surface area contributed by atoms with Crippen molar-refractivity contribution < 1.29 is 14.6 Å². The average molecular weight is 202 g/mol. The Morgan fingerprint density at radius 3 is 3.07 bits per heavy atom. The van der Waals surface area contributed by atoms with Gasteiger partial charge in [0.15, 0.2) is 0 Å². The lowest BCUT2D eigenvalue weighted by atomic mass is 10.3. The molecule has 1 fully saturated rings. The maximum absolute atomic E-state index is 10.3. The van der Waals surface area contributed by atoms with Gasteiger partial charge in [-0.2, -0.15) is 0 Å². The summed E-state index contributed by atoms with van der Waals surface area (Å²) in [4.78, 5) is 12.3. The van der Waals surface area contributed by atoms with Gasteiger partial charge in [-0.3, -0.25) is 4.79 Å². The second kappa shape index (κ2) is 5.95. The quantitative estimate of drug-likeness (QED) is 0.622. The summed E-state index contributed by atoms with van der Waals surface area (Å²) in [5, 5.41) is 11.7. The lowest BCUT2D eigenvalue weighted by Crippen LogP contribution is -2.44. The standard InChI is InChI=1S/C9H18N2O3/c1-11(4-2-9(12)13)7-8-6-10-3-5-14-8/h8,10H,2-7H2,1H3,(H,12,13). The van der Waals surface area contributed by atoms with Crippen molar-refractivity contribution in [1.82, 2.24) is 10.2 Å². The van der Waals surface area contributed by atoms with E-state index in [4.69, 9.17) is 9.84 Å². The Balaban J connectivity index is 2.11. The van der Waals surface area contributed by atoms with Crippen LogP contribution in [0.4, 0.5) is 0 Å². The molecule has 5 nitrogen and oxygen atoms in total. The van der Waals surface area contributed by atoms with Gasteiger partial charge in [0.05, 0.1) is 19.1 Å². The number of likely N-dealkylation sites (N-methyl/N-ethyl adjacent to an activating group) is 1. The first-order valence-electron chi connectivity index (χ1n) is 4.91. The smallest absolute Gasteiger partial charge is 0.304 e. The predicted molar refractivity (Wildman–Crippen MR) is 52.4 cm³/mol. The molecule has 1 aliphatic heterocycles. The van der Waals surface area contributed by atoms with Crippen molar-refractivity contribution >= 4 is 5.97 Å². The summed E-state index contributed by atoms with van der Waals surface area (Å²) in [5.41, 5.74) is 0. The first kappa shape index (κ1) is 11.4. The van der Waals surface area contributed by atoms with Crippen LogP contribution in [0.3, 0.4) is 0 Å². The van der Waals surface area contributed by atoms with Crippen molar-refractivity contribution in [2.24, 2.45) is 0 Å². The molecule has 0 aliphatic carbocycles. The number of carboxylic acids is 1. The molecule has 1 rings (SSSR count). The van der Waals surface area contributed by atoms with Crippen molar-refractivity contribution in [3.63, 3.8) is 0 Å². The van der Waals surface area contributed by atoms with Gasteiger partial charge in [-0.25, -0.2) is 0 Å². The Morgan fingerprint density at radius 1 is 1.71 bits per heavy atom. The van der Waals surface area contributed by atoms with Crippen molar-refractivity contribution in [2.75, 3.05) is 39.8 Å². The van der Waals surface area contributed by atoms with E-state index in [-0.39, 0.29) is 12.5 Å². The number of carbonyl (C=O) groups is 1. The molecule has 0 spiro atoms. The minimum absolute atomic E-state index is 0.191. The van der Waals surface area contributed by atoms with Crippen molar-refractivity contribution in [3.8, 4) is 0 Å². The van der Waals surface area contributed by atoms with Crippen LogP contribution >= 0.6 is 0 Å². The molecule has 1 saturated heterocycles. The van der Waals surface area contributed by atoms with E-state index in [0.717, 1.165) is 26.2 Å². The lowest BCUT2D eigenvalue weighted by Gasteiger charge is -2.27. The van der Waals surface area contributed by atoms with E-state index < -0.39 is 5.97 Å². The molecule has 1 heterocycles. The first-order chi connectivity index (χ1) is 6.68. The van der Waals surface area contributed by atoms with Crippen LogP contribution in [-0.4, -0.2) is 61.9 Å². The van der Waals surface area contributed by atoms with Gasteiger partial charge in [0.2, 0.25) is 0 Å². The Hall–Kier alpha value is -0.650. The number of hydrogen-bond donors (Lipinski definition) is 2. The molecule has 1 atom stereocenters. The second-order valence-electron chi connectivity index (χ2n) is 3.60. The SMILES string of the molecule is CN(CCC(=O)O)CC1CNCCO1. The Kier molecular flexibility index (Phi) is 4.86. The summed E-state index contributed by atoms with van der Waals surface area (Å²) in [6.45, 7) is 3.89. The van der Waals surface area contributed by atoms with Crippen molar-refractivity contribution in [3.05, 3.63) is 0 Å². The van der Waals surface area contributed by atoms with Gasteiger partial charge in [-0.1, -0.05) is 0 Å². The van der Waals surface area contributed by atoms with Crippen molar-refractivity contribution in [2.45, 2.75) is 12.5 Å². The fourth-order valence-electron chi connectivity index (χ4n) is 1.46. The number of aliphatic carboxylic acids is 1. The maximum atomic E-state index is 10.3. The molecule has 1 unspecified atom stereocenters. The molecule has 5 heteroatoms. The summed E-state index contributed by atoms with van der Waals surface area (Å²) >= 11 is 0. The van der Waals surface area contributed by atoms with E-state index in [9.17, 15) is 4.79 Å². The van der Waals surface area contributed by atoms with Crippen LogP contribution in [0, 0.1) is 0 Å². The summed E-state index contributed by atoms with van der Waals surface area (Å²) in [6, 6.07) is 0. The monoisotopic (exact) mass is 202 g/mol. The van der Waals surface area contributed by atoms with Crippen LogP contribution in [0.5, 0.6) is 0 Å². The van der Waals surface area contributed by atoms with Gasteiger partial charge in [0.25, 0.3) is 0 Å². The highest BCUT2D eigenvalue weighted by molar-refractivity contribution is 5.66. The predicted octanol–water partition coefficient (Wildman–Crippen LogP) is -0.619. The molecule has 82 valence electrons. The molecule has 2 N–H and O–H groups in total. The molecule has 14 heavy (non-hydrogen) atoms. The molecule has 0 saturated carbocycles. The third kappa shape index (κ3) is 4.55. The average Bonchev–Trinajstić information content (AvgIpc) is 2.16. The van der Waals surface area contributed by atoms with Gasteiger partial charge in [0.1, 0.15) is 0 Å². The van der Waals surface area contributed by atoms with Crippen LogP contribution in [0.1, 0.15) is 6.42 Å². The van der Waals surface area contributed by atoms with E-state index in [1.54, 1.807) is 0 Å². The molecule has 0 bridgehead atoms. The normalized spacial score (nSPS) is 22.6. The van der Waals surface area contributed by atoms with Crippen LogP contribution in [0.2, 0.25) is 0 Å². The van der Waals surface area contributed by atoms with Crippen LogP contribution < -0.4 is 5.32 Å². The highest BCUT2D eigenvalue weighted by Gasteiger charge is 2.15. The minimum atomic E-state index is -0.750. The second-order valence-corrected chi connectivity index (χ2v) is 3.60. The highest BCUT2D eigenvalue weighted by atomic mass is 16.5. The molecule has 0 aromatic carbocycles. The molecular weight excluding hydrogens is 184 g/mol. The van der Waals surface area contributed by atoms with Gasteiger partial charge < -0.3 is 20.1 Å². The van der Waals surface area contributed by atoms with E-state index in [2.05, 4.69) is 5.32 Å². The third-order valence-corrected chi connectivity index (χ3v) is 2.23. The number of hydrogen-bond acceptors (Lipinski definition) is 4. The summed E-state index contributed by atoms with van der Waals surface area (Å²) < 4.78 is 5.50. The largest absolute Gasteiger partial charge is 0.481 e. The maximum Gasteiger partial charge on any atom is 0.304 e. The molecule has 0 aromatic rings. The zero-order chi connectivity index (χ0) is 10.4. The first-order valence-corrected chi connectivity index (χ1v) is 4.91. The van der Waals surface area contributed by atoms with Gasteiger partial charge in [-0.05, 0) is 7.05 Å². The molecule has 0 aromatic heterocycles. The van der Waals surface area contributed by atoms with E-state index in [0.29, 0.717) is 6.54 Å². The number of rotatable bonds is 5. The third-order valence-electron chi connectivity index (χ3n) is 2.23. The van der Waals surface area contributed by atoms with Gasteiger partial charge in [0, 0.05) is 26.2 Å². The van der Waals surface area contributed by atoms with Crippen LogP contribution in [0.15, 0.2) is 0 Å². The summed E-state index contributed by atoms with van der Waals surface area (Å²) in [5.74, 6) is -0.750. The van der Waals surface area contributed by atoms with Gasteiger partial charge >= 0.3 is 5.97 Å². The molecule has 0 radical (unpaired) electrons. The Morgan fingerprint density at radius 2 is 2.50 bits per heavy atom. The molecule has 1 aliphatic rings. The van der Waals surface area contributed by atoms with Crippen LogP contribution in [-0.2, 0) is 9.53 Å². The van der Waals surface area contributed by atoms with E-state index in [1.807, 2.05) is 11.9 Å². The number of carboxylic acid groups (broad SMARTS) is 1. The number of nitrogens with one attached hydrogen (secondary N) is 1. The fraction of sp³-hybridized carbons (Fsp3) is 0.889. The zero-order valence-electron chi connectivity index (χ0n) is 8.53. The summed E-state index contributed by atoms with van der Waals surface area (Å²) in [6.07, 6.45) is 0.388. The van der Waals surface area contributed by atoms with E-state index in [1.165, 1.54) is 0 Å². The lowest BCUT2D eigenvalue weighted by molar-refractivity contribution is -0.137. The Bertz CT molecular complexity index is 181. The topological polar surface area (TPSA) is 61.8 Å². The highest BCUT2D eigenvalue weighted by Crippen LogP contribution is 1.99. The zero-order valence-corrected chi connectivity index (χ0v) is 8.53. The fourth-order valence-corrected chi connectivity index (χ4v) is 1.46. The minimum Gasteiger partial charge on any atom is -0.481 e. The van der Waals surface area contributed by atoms with Gasteiger partial charge in [-0.15, -0.1) is 0 Å². The number of nitrogens with zero attached hydrogens (tertiary/aromatic N) is 1. The van der Waals surface area contributed by atoms with E-state index >= 15 is 0 Å². The van der Waals surface area contributed by atoms with Crippen LogP contribution in [0.25, 0.3) is 0 Å². The molecule has 0 amide bonds. The summed E-state index contributed by atoms with van der Waals surface area (Å²) in [7, 11) is 1.92.